The van der Waals surface area contributed by atoms with E-state index in [0.29, 0.717) is 19.0 Å². The molecular weight excluding hydrogens is 399 g/mol. The number of anilines is 1. The number of carbonyl (C=O) groups excluding carboxylic acids is 1. The number of rotatable bonds is 7. The number of nitrogens with zero attached hydrogens (tertiary/aromatic N) is 3. The van der Waals surface area contributed by atoms with Crippen LogP contribution in [0.2, 0.25) is 5.28 Å². The maximum Gasteiger partial charge on any atom is 0.356 e. The number of methoxy groups -OCH3 is 1. The molecule has 29 heavy (non-hydrogen) atoms. The fourth-order valence-corrected chi connectivity index (χ4v) is 3.56. The number of hydrogen-bond donors (Lipinski definition) is 1. The molecule has 1 aliphatic rings. The van der Waals surface area contributed by atoms with Crippen molar-refractivity contribution in [3.63, 3.8) is 0 Å². The van der Waals surface area contributed by atoms with Crippen molar-refractivity contribution in [1.82, 2.24) is 15.3 Å². The first-order valence-electron chi connectivity index (χ1n) is 9.53. The highest BCUT2D eigenvalue weighted by Gasteiger charge is 2.25. The van der Waals surface area contributed by atoms with Crippen molar-refractivity contribution in [2.45, 2.75) is 32.4 Å². The maximum atomic E-state index is 14.0. The summed E-state index contributed by atoms with van der Waals surface area (Å²) >= 11 is 6.09. The van der Waals surface area contributed by atoms with E-state index in [9.17, 15) is 9.18 Å². The van der Waals surface area contributed by atoms with Crippen LogP contribution < -0.4 is 15.0 Å². The van der Waals surface area contributed by atoms with Crippen LogP contribution >= 0.6 is 11.6 Å². The van der Waals surface area contributed by atoms with Gasteiger partial charge in [0.1, 0.15) is 5.82 Å². The average molecular weight is 423 g/mol. The largest absolute Gasteiger partial charge is 0.491 e. The quantitative estimate of drug-likeness (QED) is 0.542. The van der Waals surface area contributed by atoms with Crippen LogP contribution in [0.5, 0.6) is 5.75 Å². The molecule has 1 aliphatic heterocycles. The molecule has 1 fully saturated rings. The van der Waals surface area contributed by atoms with E-state index >= 15 is 0 Å². The van der Waals surface area contributed by atoms with E-state index in [1.165, 1.54) is 13.2 Å². The Bertz CT molecular complexity index is 862. The van der Waals surface area contributed by atoms with E-state index in [1.807, 2.05) is 6.92 Å². The van der Waals surface area contributed by atoms with Crippen molar-refractivity contribution in [2.24, 2.45) is 0 Å². The van der Waals surface area contributed by atoms with Gasteiger partial charge in [0.25, 0.3) is 0 Å². The Hall–Kier alpha value is -2.45. The molecule has 0 atom stereocenters. The van der Waals surface area contributed by atoms with Gasteiger partial charge in [0, 0.05) is 18.7 Å². The first-order chi connectivity index (χ1) is 14.0. The Kier molecular flexibility index (Phi) is 7.22. The van der Waals surface area contributed by atoms with Gasteiger partial charge in [-0.25, -0.2) is 19.2 Å². The highest BCUT2D eigenvalue weighted by molar-refractivity contribution is 6.28. The third-order valence-corrected chi connectivity index (χ3v) is 4.94. The zero-order chi connectivity index (χ0) is 20.8. The minimum absolute atomic E-state index is 0.0315. The highest BCUT2D eigenvalue weighted by Crippen LogP contribution is 2.27. The Balaban J connectivity index is 1.96. The van der Waals surface area contributed by atoms with E-state index in [1.54, 1.807) is 18.2 Å². The molecule has 0 spiro atoms. The summed E-state index contributed by atoms with van der Waals surface area (Å²) in [7, 11) is 1.29. The minimum atomic E-state index is -0.582. The van der Waals surface area contributed by atoms with Crippen LogP contribution in [0, 0.1) is 5.82 Å². The third kappa shape index (κ3) is 5.33. The van der Waals surface area contributed by atoms with Gasteiger partial charge < -0.3 is 19.7 Å². The zero-order valence-electron chi connectivity index (χ0n) is 16.5. The molecule has 2 heterocycles. The number of carbonyl (C=O) groups is 1. The van der Waals surface area contributed by atoms with Crippen LogP contribution in [0.15, 0.2) is 24.3 Å². The van der Waals surface area contributed by atoms with Crippen LogP contribution in [-0.2, 0) is 11.3 Å². The topological polar surface area (TPSA) is 76.6 Å². The van der Waals surface area contributed by atoms with Crippen molar-refractivity contribution in [1.29, 1.82) is 0 Å². The van der Waals surface area contributed by atoms with Crippen LogP contribution in [0.4, 0.5) is 10.2 Å². The lowest BCUT2D eigenvalue weighted by Gasteiger charge is -2.36. The maximum absolute atomic E-state index is 14.0. The Morgan fingerprint density at radius 1 is 1.31 bits per heavy atom. The normalized spacial score (nSPS) is 14.5. The lowest BCUT2D eigenvalue weighted by Crippen LogP contribution is -2.43. The number of hydrogen-bond acceptors (Lipinski definition) is 7. The summed E-state index contributed by atoms with van der Waals surface area (Å²) in [5.74, 6) is -0.242. The number of piperidine rings is 1. The fraction of sp³-hybridized carbons (Fsp3) is 0.450. The lowest BCUT2D eigenvalue weighted by atomic mass is 10.0. The molecule has 156 valence electrons. The number of ether oxygens (including phenoxy) is 2. The Labute approximate surface area is 174 Å². The van der Waals surface area contributed by atoms with Gasteiger partial charge >= 0.3 is 5.97 Å². The second-order valence-corrected chi connectivity index (χ2v) is 7.02. The highest BCUT2D eigenvalue weighted by atomic mass is 35.5. The van der Waals surface area contributed by atoms with E-state index in [-0.39, 0.29) is 22.8 Å². The van der Waals surface area contributed by atoms with Crippen molar-refractivity contribution >= 4 is 23.4 Å². The molecule has 0 radical (unpaired) electrons. The van der Waals surface area contributed by atoms with E-state index in [2.05, 4.69) is 20.2 Å². The van der Waals surface area contributed by atoms with Crippen molar-refractivity contribution in [2.75, 3.05) is 31.7 Å². The van der Waals surface area contributed by atoms with Crippen LogP contribution in [-0.4, -0.2) is 48.8 Å². The molecule has 0 aliphatic carbocycles. The van der Waals surface area contributed by atoms with Crippen LogP contribution in [0.25, 0.3) is 0 Å². The van der Waals surface area contributed by atoms with Gasteiger partial charge in [0.2, 0.25) is 5.28 Å². The fourth-order valence-electron chi connectivity index (χ4n) is 3.39. The molecule has 1 saturated heterocycles. The van der Waals surface area contributed by atoms with Crippen LogP contribution in [0.1, 0.15) is 35.8 Å². The molecule has 0 bridgehead atoms. The number of halogens is 2. The smallest absolute Gasteiger partial charge is 0.356 e. The second-order valence-electron chi connectivity index (χ2n) is 6.68. The molecular formula is C20H24ClFN4O3. The summed E-state index contributed by atoms with van der Waals surface area (Å²) < 4.78 is 24.1. The number of nitrogens with one attached hydrogen (secondary N) is 1. The molecule has 1 aromatic carbocycles. The zero-order valence-corrected chi connectivity index (χ0v) is 17.2. The molecule has 9 heteroatoms. The first-order valence-corrected chi connectivity index (χ1v) is 9.91. The molecule has 7 nitrogen and oxygen atoms in total. The average Bonchev–Trinajstić information content (AvgIpc) is 2.74. The standard InChI is InChI=1S/C20H24ClFN4O3/c1-3-29-17-10-13(4-5-15(17)22)12-26(14-6-8-23-9-7-14)18-11-16(19(27)28-2)24-20(21)25-18/h4-5,10-11,14,23H,3,6-9,12H2,1-2H3. The third-order valence-electron chi connectivity index (χ3n) is 4.77. The number of benzene rings is 1. The van der Waals surface area contributed by atoms with Crippen molar-refractivity contribution in [3.05, 3.63) is 46.6 Å². The second kappa shape index (κ2) is 9.84. The van der Waals surface area contributed by atoms with Gasteiger partial charge in [0.15, 0.2) is 17.3 Å². The van der Waals surface area contributed by atoms with Gasteiger partial charge in [0.05, 0.1) is 13.7 Å². The summed E-state index contributed by atoms with van der Waals surface area (Å²) in [6.45, 7) is 4.39. The van der Waals surface area contributed by atoms with Gasteiger partial charge in [-0.3, -0.25) is 0 Å². The van der Waals surface area contributed by atoms with E-state index in [0.717, 1.165) is 31.5 Å². The SMILES string of the molecule is CCOc1cc(CN(c2cc(C(=O)OC)nc(Cl)n2)C2CCNCC2)ccc1F. The molecule has 2 aromatic rings. The van der Waals surface area contributed by atoms with Gasteiger partial charge in [-0.05, 0) is 62.2 Å². The monoisotopic (exact) mass is 422 g/mol. The summed E-state index contributed by atoms with van der Waals surface area (Å²) in [6, 6.07) is 6.56. The summed E-state index contributed by atoms with van der Waals surface area (Å²) in [5, 5.41) is 3.31. The van der Waals surface area contributed by atoms with Crippen molar-refractivity contribution in [3.8, 4) is 5.75 Å². The molecule has 1 N–H and O–H groups in total. The van der Waals surface area contributed by atoms with E-state index < -0.39 is 11.8 Å². The van der Waals surface area contributed by atoms with Crippen LogP contribution in [0.3, 0.4) is 0 Å². The molecule has 1 aromatic heterocycles. The first kappa shape index (κ1) is 21.3. The summed E-state index contributed by atoms with van der Waals surface area (Å²) in [6.07, 6.45) is 1.80. The molecule has 0 amide bonds. The van der Waals surface area contributed by atoms with Gasteiger partial charge in [-0.15, -0.1) is 0 Å². The molecule has 0 unspecified atom stereocenters. The predicted molar refractivity (Wildman–Crippen MR) is 108 cm³/mol. The Morgan fingerprint density at radius 2 is 2.07 bits per heavy atom. The van der Waals surface area contributed by atoms with Gasteiger partial charge in [-0.2, -0.15) is 0 Å². The predicted octanol–water partition coefficient (Wildman–Crippen LogP) is 3.21. The molecule has 0 saturated carbocycles. The van der Waals surface area contributed by atoms with Crippen molar-refractivity contribution < 1.29 is 18.7 Å². The summed E-state index contributed by atoms with van der Waals surface area (Å²) in [5.41, 5.74) is 0.957. The minimum Gasteiger partial charge on any atom is -0.491 e. The van der Waals surface area contributed by atoms with E-state index in [4.69, 9.17) is 21.1 Å². The Morgan fingerprint density at radius 3 is 2.76 bits per heavy atom. The number of aromatic nitrogens is 2. The number of esters is 1. The summed E-state index contributed by atoms with van der Waals surface area (Å²) in [4.78, 5) is 22.4. The lowest BCUT2D eigenvalue weighted by molar-refractivity contribution is 0.0594. The molecule has 3 rings (SSSR count). The van der Waals surface area contributed by atoms with Gasteiger partial charge in [-0.1, -0.05) is 6.07 Å².